The number of nitrogens with one attached hydrogen (secondary N) is 2. The molecule has 0 aromatic carbocycles. The fourth-order valence-electron chi connectivity index (χ4n) is 4.07. The highest BCUT2D eigenvalue weighted by Gasteiger charge is 2.35. The summed E-state index contributed by atoms with van der Waals surface area (Å²) in [4.78, 5) is 9.76. The second-order valence-corrected chi connectivity index (χ2v) is 9.06. The van der Waals surface area contributed by atoms with Crippen LogP contribution in [0.25, 0.3) is 0 Å². The highest BCUT2D eigenvalue weighted by molar-refractivity contribution is 14.0. The summed E-state index contributed by atoms with van der Waals surface area (Å²) in [7, 11) is 4.42. The maximum Gasteiger partial charge on any atom is 0.191 e. The number of rotatable bonds is 5. The summed E-state index contributed by atoms with van der Waals surface area (Å²) in [6, 6.07) is 0.526. The van der Waals surface area contributed by atoms with E-state index in [2.05, 4.69) is 62.2 Å². The Morgan fingerprint density at radius 3 is 2.59 bits per heavy atom. The van der Waals surface area contributed by atoms with Crippen molar-refractivity contribution in [2.45, 2.75) is 52.7 Å². The lowest BCUT2D eigenvalue weighted by atomic mass is 9.78. The Morgan fingerprint density at radius 1 is 1.19 bits per heavy atom. The van der Waals surface area contributed by atoms with Gasteiger partial charge in [-0.15, -0.1) is 24.0 Å². The summed E-state index contributed by atoms with van der Waals surface area (Å²) in [5.41, 5.74) is 0.168. The molecule has 0 radical (unpaired) electrons. The predicted molar refractivity (Wildman–Crippen MR) is 125 cm³/mol. The Kier molecular flexibility index (Phi) is 10.9. The van der Waals surface area contributed by atoms with Crippen LogP contribution in [-0.2, 0) is 4.74 Å². The molecule has 3 atom stereocenters. The maximum atomic E-state index is 6.11. The van der Waals surface area contributed by atoms with Crippen molar-refractivity contribution in [3.05, 3.63) is 0 Å². The molecule has 2 heterocycles. The van der Waals surface area contributed by atoms with Crippen LogP contribution in [0.5, 0.6) is 0 Å². The molecule has 6 nitrogen and oxygen atoms in total. The van der Waals surface area contributed by atoms with Gasteiger partial charge in [-0.2, -0.15) is 0 Å². The van der Waals surface area contributed by atoms with E-state index in [1.54, 1.807) is 0 Å². The molecule has 0 aromatic rings. The van der Waals surface area contributed by atoms with E-state index < -0.39 is 0 Å². The second kappa shape index (κ2) is 11.8. The van der Waals surface area contributed by atoms with Gasteiger partial charge < -0.3 is 20.3 Å². The number of aliphatic imine (C=N–C) groups is 1. The van der Waals surface area contributed by atoms with E-state index in [0.717, 1.165) is 58.3 Å². The van der Waals surface area contributed by atoms with E-state index in [9.17, 15) is 0 Å². The molecule has 160 valence electrons. The summed E-state index contributed by atoms with van der Waals surface area (Å²) < 4.78 is 6.11. The quantitative estimate of drug-likeness (QED) is 0.348. The van der Waals surface area contributed by atoms with E-state index in [-0.39, 0.29) is 29.4 Å². The van der Waals surface area contributed by atoms with Crippen molar-refractivity contribution in [2.24, 2.45) is 16.3 Å². The lowest BCUT2D eigenvalue weighted by Gasteiger charge is -2.39. The third kappa shape index (κ3) is 8.03. The first-order valence-corrected chi connectivity index (χ1v) is 10.3. The number of ether oxygens (including phenoxy) is 1. The smallest absolute Gasteiger partial charge is 0.191 e. The van der Waals surface area contributed by atoms with Crippen LogP contribution < -0.4 is 10.6 Å². The molecule has 2 rings (SSSR count). The molecule has 2 N–H and O–H groups in total. The van der Waals surface area contributed by atoms with Crippen LogP contribution in [0.1, 0.15) is 40.5 Å². The first kappa shape index (κ1) is 24.9. The number of hydrogen-bond donors (Lipinski definition) is 2. The van der Waals surface area contributed by atoms with Crippen molar-refractivity contribution in [1.82, 2.24) is 20.4 Å². The van der Waals surface area contributed by atoms with Crippen LogP contribution in [-0.4, -0.2) is 87.9 Å². The normalized spacial score (nSPS) is 28.5. The van der Waals surface area contributed by atoms with Crippen molar-refractivity contribution in [2.75, 3.05) is 60.0 Å². The highest BCUT2D eigenvalue weighted by atomic mass is 127. The van der Waals surface area contributed by atoms with Gasteiger partial charge in [0, 0.05) is 57.8 Å². The average molecular weight is 495 g/mol. The minimum atomic E-state index is 0. The molecule has 0 bridgehead atoms. The van der Waals surface area contributed by atoms with Gasteiger partial charge in [0.1, 0.15) is 0 Å². The van der Waals surface area contributed by atoms with Crippen LogP contribution in [0.2, 0.25) is 0 Å². The van der Waals surface area contributed by atoms with Gasteiger partial charge in [0.05, 0.1) is 6.10 Å². The predicted octanol–water partition coefficient (Wildman–Crippen LogP) is 2.25. The van der Waals surface area contributed by atoms with Crippen molar-refractivity contribution in [1.29, 1.82) is 0 Å². The van der Waals surface area contributed by atoms with Crippen molar-refractivity contribution >= 4 is 29.9 Å². The van der Waals surface area contributed by atoms with Gasteiger partial charge in [0.2, 0.25) is 0 Å². The highest BCUT2D eigenvalue weighted by Crippen LogP contribution is 2.34. The van der Waals surface area contributed by atoms with Crippen LogP contribution in [0, 0.1) is 11.3 Å². The SMILES string of the molecule is CCNC(=NCC1CCCOC1C(C)(C)C)NCC1CN(C)CCN1C.I. The monoisotopic (exact) mass is 495 g/mol. The molecule has 0 amide bonds. The zero-order chi connectivity index (χ0) is 19.2. The fraction of sp³-hybridized carbons (Fsp3) is 0.950. The lowest BCUT2D eigenvalue weighted by Crippen LogP contribution is -2.55. The fourth-order valence-corrected chi connectivity index (χ4v) is 4.07. The molecule has 0 aromatic heterocycles. The standard InChI is InChI=1S/C20H41N5O.HI/c1-7-21-19(23-14-17-15-24(5)10-11-25(17)6)22-13-16-9-8-12-26-18(16)20(2,3)4;/h16-18H,7-15H2,1-6H3,(H2,21,22,23);1H. The van der Waals surface area contributed by atoms with E-state index in [4.69, 9.17) is 9.73 Å². The zero-order valence-electron chi connectivity index (χ0n) is 18.3. The minimum absolute atomic E-state index is 0. The largest absolute Gasteiger partial charge is 0.377 e. The molecule has 0 spiro atoms. The summed E-state index contributed by atoms with van der Waals surface area (Å²) in [5.74, 6) is 1.44. The minimum Gasteiger partial charge on any atom is -0.377 e. The first-order valence-electron chi connectivity index (χ1n) is 10.3. The second-order valence-electron chi connectivity index (χ2n) is 9.06. The zero-order valence-corrected chi connectivity index (χ0v) is 20.6. The van der Waals surface area contributed by atoms with Crippen LogP contribution in [0.4, 0.5) is 0 Å². The first-order chi connectivity index (χ1) is 12.3. The summed E-state index contributed by atoms with van der Waals surface area (Å²) in [5, 5.41) is 6.97. The third-order valence-electron chi connectivity index (χ3n) is 5.61. The lowest BCUT2D eigenvalue weighted by molar-refractivity contribution is -0.0823. The number of likely N-dealkylation sites (N-methyl/N-ethyl adjacent to an activating group) is 2. The molecule has 0 aliphatic carbocycles. The van der Waals surface area contributed by atoms with Crippen molar-refractivity contribution in [3.63, 3.8) is 0 Å². The number of guanidine groups is 1. The molecule has 7 heteroatoms. The molecule has 2 fully saturated rings. The van der Waals surface area contributed by atoms with Crippen LogP contribution in [0.15, 0.2) is 4.99 Å². The number of halogens is 1. The van der Waals surface area contributed by atoms with E-state index in [1.807, 2.05) is 0 Å². The van der Waals surface area contributed by atoms with Gasteiger partial charge >= 0.3 is 0 Å². The molecular formula is C20H42IN5O. The summed E-state index contributed by atoms with van der Waals surface area (Å²) in [6.07, 6.45) is 2.65. The molecule has 3 unspecified atom stereocenters. The molecule has 27 heavy (non-hydrogen) atoms. The number of piperazine rings is 1. The Morgan fingerprint density at radius 2 is 1.93 bits per heavy atom. The van der Waals surface area contributed by atoms with Gasteiger partial charge in [0.25, 0.3) is 0 Å². The topological polar surface area (TPSA) is 52.1 Å². The average Bonchev–Trinajstić information content (AvgIpc) is 2.59. The van der Waals surface area contributed by atoms with Crippen LogP contribution >= 0.6 is 24.0 Å². The van der Waals surface area contributed by atoms with E-state index >= 15 is 0 Å². The molecule has 2 aliphatic heterocycles. The number of nitrogens with zero attached hydrogens (tertiary/aromatic N) is 3. The van der Waals surface area contributed by atoms with Gasteiger partial charge in [0.15, 0.2) is 5.96 Å². The Labute approximate surface area is 183 Å². The Hall–Kier alpha value is -0.120. The van der Waals surface area contributed by atoms with Crippen molar-refractivity contribution < 1.29 is 4.74 Å². The van der Waals surface area contributed by atoms with Gasteiger partial charge in [-0.05, 0) is 39.3 Å². The van der Waals surface area contributed by atoms with Gasteiger partial charge in [-0.1, -0.05) is 20.8 Å². The molecular weight excluding hydrogens is 453 g/mol. The summed E-state index contributed by atoms with van der Waals surface area (Å²) >= 11 is 0. The Balaban J connectivity index is 0.00000364. The molecule has 2 aliphatic rings. The molecule has 2 saturated heterocycles. The van der Waals surface area contributed by atoms with Crippen LogP contribution in [0.3, 0.4) is 0 Å². The Bertz CT molecular complexity index is 454. The van der Waals surface area contributed by atoms with Crippen molar-refractivity contribution in [3.8, 4) is 0 Å². The van der Waals surface area contributed by atoms with E-state index in [0.29, 0.717) is 18.1 Å². The summed E-state index contributed by atoms with van der Waals surface area (Å²) in [6.45, 7) is 15.9. The molecule has 0 saturated carbocycles. The maximum absolute atomic E-state index is 6.11. The number of hydrogen-bond acceptors (Lipinski definition) is 4. The van der Waals surface area contributed by atoms with Gasteiger partial charge in [-0.3, -0.25) is 9.89 Å². The third-order valence-corrected chi connectivity index (χ3v) is 5.61. The van der Waals surface area contributed by atoms with E-state index in [1.165, 1.54) is 6.42 Å². The van der Waals surface area contributed by atoms with Gasteiger partial charge in [-0.25, -0.2) is 0 Å².